The lowest BCUT2D eigenvalue weighted by atomic mass is 9.70. The molecule has 0 amide bonds. The Hall–Kier alpha value is -1.02. The molecule has 1 aromatic rings. The summed E-state index contributed by atoms with van der Waals surface area (Å²) in [5, 5.41) is 0. The van der Waals surface area contributed by atoms with Gasteiger partial charge in [-0.1, -0.05) is 53.7 Å². The molecule has 2 unspecified atom stereocenters. The second-order valence-electron chi connectivity index (χ2n) is 7.07. The van der Waals surface area contributed by atoms with E-state index in [4.69, 9.17) is 9.47 Å². The summed E-state index contributed by atoms with van der Waals surface area (Å²) in [7, 11) is 0. The maximum atomic E-state index is 5.86. The SMILES string of the molecule is CCOC(CC)Oc1ccc(C(C(C)C)C(C)(C)C)cc1. The molecule has 2 nitrogen and oxygen atoms in total. The third-order valence-electron chi connectivity index (χ3n) is 3.79. The highest BCUT2D eigenvalue weighted by atomic mass is 16.7. The monoisotopic (exact) mass is 292 g/mol. The zero-order valence-electron chi connectivity index (χ0n) is 14.8. The van der Waals surface area contributed by atoms with Crippen molar-refractivity contribution in [2.24, 2.45) is 11.3 Å². The van der Waals surface area contributed by atoms with E-state index in [-0.39, 0.29) is 11.7 Å². The molecule has 0 saturated carbocycles. The topological polar surface area (TPSA) is 18.5 Å². The minimum absolute atomic E-state index is 0.149. The normalized spacial score (nSPS) is 15.0. The first-order chi connectivity index (χ1) is 9.79. The lowest BCUT2D eigenvalue weighted by molar-refractivity contribution is -0.0766. The average Bonchev–Trinajstić information content (AvgIpc) is 2.38. The molecule has 0 spiro atoms. The van der Waals surface area contributed by atoms with Crippen molar-refractivity contribution < 1.29 is 9.47 Å². The van der Waals surface area contributed by atoms with Gasteiger partial charge in [-0.15, -0.1) is 0 Å². The second-order valence-corrected chi connectivity index (χ2v) is 7.07. The minimum atomic E-state index is -0.149. The first kappa shape index (κ1) is 18.0. The van der Waals surface area contributed by atoms with Gasteiger partial charge in [0, 0.05) is 13.0 Å². The van der Waals surface area contributed by atoms with Crippen LogP contribution in [0.5, 0.6) is 5.75 Å². The smallest absolute Gasteiger partial charge is 0.199 e. The third-order valence-corrected chi connectivity index (χ3v) is 3.79. The lowest BCUT2D eigenvalue weighted by Crippen LogP contribution is -2.23. The fraction of sp³-hybridized carbons (Fsp3) is 0.684. The van der Waals surface area contributed by atoms with Crippen molar-refractivity contribution in [1.29, 1.82) is 0 Å². The maximum absolute atomic E-state index is 5.86. The molecule has 1 aromatic carbocycles. The van der Waals surface area contributed by atoms with Crippen molar-refractivity contribution in [1.82, 2.24) is 0 Å². The Bertz CT molecular complexity index is 401. The van der Waals surface area contributed by atoms with Crippen LogP contribution in [0.1, 0.15) is 66.4 Å². The van der Waals surface area contributed by atoms with E-state index in [9.17, 15) is 0 Å². The highest BCUT2D eigenvalue weighted by Crippen LogP contribution is 2.40. The average molecular weight is 292 g/mol. The standard InChI is InChI=1S/C19H32O2/c1-8-17(20-9-2)21-16-12-10-15(11-13-16)18(14(3)4)19(5,6)7/h10-14,17-18H,8-9H2,1-7H3. The molecule has 2 atom stereocenters. The van der Waals surface area contributed by atoms with Crippen LogP contribution < -0.4 is 4.74 Å². The van der Waals surface area contributed by atoms with E-state index in [2.05, 4.69) is 65.8 Å². The Morgan fingerprint density at radius 1 is 1.00 bits per heavy atom. The zero-order chi connectivity index (χ0) is 16.0. The highest BCUT2D eigenvalue weighted by molar-refractivity contribution is 5.30. The highest BCUT2D eigenvalue weighted by Gasteiger charge is 2.28. The summed E-state index contributed by atoms with van der Waals surface area (Å²) >= 11 is 0. The van der Waals surface area contributed by atoms with Gasteiger partial charge < -0.3 is 9.47 Å². The van der Waals surface area contributed by atoms with E-state index < -0.39 is 0 Å². The molecule has 0 N–H and O–H groups in total. The molecule has 0 fully saturated rings. The number of rotatable bonds is 7. The van der Waals surface area contributed by atoms with Crippen LogP contribution >= 0.6 is 0 Å². The second kappa shape index (κ2) is 7.84. The summed E-state index contributed by atoms with van der Waals surface area (Å²) in [6.07, 6.45) is 0.705. The molecule has 0 bridgehead atoms. The molecule has 2 heteroatoms. The summed E-state index contributed by atoms with van der Waals surface area (Å²) in [5.74, 6) is 2.04. The van der Waals surface area contributed by atoms with Gasteiger partial charge in [-0.3, -0.25) is 0 Å². The Balaban J connectivity index is 2.85. The molecule has 0 heterocycles. The van der Waals surface area contributed by atoms with Crippen molar-refractivity contribution in [3.8, 4) is 5.75 Å². The van der Waals surface area contributed by atoms with E-state index in [1.807, 2.05) is 6.92 Å². The number of hydrogen-bond donors (Lipinski definition) is 0. The van der Waals surface area contributed by atoms with E-state index in [1.165, 1.54) is 5.56 Å². The van der Waals surface area contributed by atoms with Gasteiger partial charge in [0.2, 0.25) is 0 Å². The Kier molecular flexibility index (Phi) is 6.73. The van der Waals surface area contributed by atoms with Crippen LogP contribution in [0.25, 0.3) is 0 Å². The van der Waals surface area contributed by atoms with Gasteiger partial charge in [0.1, 0.15) is 5.75 Å². The molecule has 0 aliphatic heterocycles. The molecule has 120 valence electrons. The third kappa shape index (κ3) is 5.35. The molecule has 21 heavy (non-hydrogen) atoms. The number of ether oxygens (including phenoxy) is 2. The maximum Gasteiger partial charge on any atom is 0.199 e. The quantitative estimate of drug-likeness (QED) is 0.607. The molecule has 0 aromatic heterocycles. The summed E-state index contributed by atoms with van der Waals surface area (Å²) in [6, 6.07) is 8.53. The van der Waals surface area contributed by atoms with Crippen LogP contribution in [-0.4, -0.2) is 12.9 Å². The van der Waals surface area contributed by atoms with Gasteiger partial charge in [0.15, 0.2) is 6.29 Å². The Morgan fingerprint density at radius 3 is 1.95 bits per heavy atom. The number of hydrogen-bond acceptors (Lipinski definition) is 2. The molecule has 0 radical (unpaired) electrons. The summed E-state index contributed by atoms with van der Waals surface area (Å²) in [6.45, 7) is 16.3. The molecule has 0 aliphatic carbocycles. The van der Waals surface area contributed by atoms with Crippen molar-refractivity contribution in [3.05, 3.63) is 29.8 Å². The van der Waals surface area contributed by atoms with Crippen LogP contribution in [0.15, 0.2) is 24.3 Å². The molecule has 0 aliphatic rings. The lowest BCUT2D eigenvalue weighted by Gasteiger charge is -2.34. The number of benzene rings is 1. The summed E-state index contributed by atoms with van der Waals surface area (Å²) in [4.78, 5) is 0. The van der Waals surface area contributed by atoms with Crippen LogP contribution in [0.3, 0.4) is 0 Å². The van der Waals surface area contributed by atoms with Crippen LogP contribution in [0, 0.1) is 11.3 Å². The van der Waals surface area contributed by atoms with Crippen molar-refractivity contribution in [3.63, 3.8) is 0 Å². The van der Waals surface area contributed by atoms with Crippen molar-refractivity contribution in [2.75, 3.05) is 6.61 Å². The Morgan fingerprint density at radius 2 is 1.57 bits per heavy atom. The minimum Gasteiger partial charge on any atom is -0.465 e. The van der Waals surface area contributed by atoms with Gasteiger partial charge in [-0.25, -0.2) is 0 Å². The van der Waals surface area contributed by atoms with Crippen molar-refractivity contribution >= 4 is 0 Å². The van der Waals surface area contributed by atoms with Gasteiger partial charge >= 0.3 is 0 Å². The predicted octanol–water partition coefficient (Wildman–Crippen LogP) is 5.62. The van der Waals surface area contributed by atoms with Crippen molar-refractivity contribution in [2.45, 2.75) is 67.1 Å². The molecule has 0 saturated heterocycles. The van der Waals surface area contributed by atoms with Gasteiger partial charge in [-0.05, 0) is 41.9 Å². The molecular formula is C19H32O2. The first-order valence-electron chi connectivity index (χ1n) is 8.17. The summed E-state index contributed by atoms with van der Waals surface area (Å²) in [5.41, 5.74) is 1.64. The predicted molar refractivity (Wildman–Crippen MR) is 89.8 cm³/mol. The van der Waals surface area contributed by atoms with E-state index in [1.54, 1.807) is 0 Å². The first-order valence-corrected chi connectivity index (χ1v) is 8.17. The summed E-state index contributed by atoms with van der Waals surface area (Å²) < 4.78 is 11.4. The zero-order valence-corrected chi connectivity index (χ0v) is 14.8. The van der Waals surface area contributed by atoms with Gasteiger partial charge in [0.05, 0.1) is 0 Å². The van der Waals surface area contributed by atoms with E-state index >= 15 is 0 Å². The van der Waals surface area contributed by atoms with Gasteiger partial charge in [0.25, 0.3) is 0 Å². The fourth-order valence-corrected chi connectivity index (χ4v) is 3.21. The van der Waals surface area contributed by atoms with E-state index in [0.29, 0.717) is 18.4 Å². The van der Waals surface area contributed by atoms with Gasteiger partial charge in [-0.2, -0.15) is 0 Å². The van der Waals surface area contributed by atoms with E-state index in [0.717, 1.165) is 12.2 Å². The fourth-order valence-electron chi connectivity index (χ4n) is 3.21. The molecule has 1 rings (SSSR count). The largest absolute Gasteiger partial charge is 0.465 e. The van der Waals surface area contributed by atoms with Crippen LogP contribution in [-0.2, 0) is 4.74 Å². The van der Waals surface area contributed by atoms with Crippen LogP contribution in [0.4, 0.5) is 0 Å². The van der Waals surface area contributed by atoms with Crippen LogP contribution in [0.2, 0.25) is 0 Å². The Labute approximate surface area is 130 Å². The molecular weight excluding hydrogens is 260 g/mol.